The van der Waals surface area contributed by atoms with Gasteiger partial charge in [-0.3, -0.25) is 9.52 Å². The van der Waals surface area contributed by atoms with Crippen molar-refractivity contribution in [3.63, 3.8) is 0 Å². The zero-order chi connectivity index (χ0) is 16.2. The molecule has 0 heterocycles. The molecule has 0 fully saturated rings. The number of hydrogen-bond acceptors (Lipinski definition) is 4. The van der Waals surface area contributed by atoms with E-state index >= 15 is 0 Å². The maximum atomic E-state index is 12.1. The number of hydrogen-bond donors (Lipinski definition) is 3. The van der Waals surface area contributed by atoms with E-state index in [9.17, 15) is 13.2 Å². The molecule has 0 radical (unpaired) electrons. The van der Waals surface area contributed by atoms with Crippen LogP contribution in [0.2, 0.25) is 0 Å². The van der Waals surface area contributed by atoms with Gasteiger partial charge in [0.15, 0.2) is 0 Å². The Morgan fingerprint density at radius 2 is 1.95 bits per heavy atom. The van der Waals surface area contributed by atoms with Gasteiger partial charge in [-0.05, 0) is 36.6 Å². The fraction of sp³-hybridized carbons (Fsp3) is 0.500. The van der Waals surface area contributed by atoms with E-state index in [-0.39, 0.29) is 24.3 Å². The molecule has 0 bridgehead atoms. The van der Waals surface area contributed by atoms with Crippen LogP contribution in [0.1, 0.15) is 19.4 Å². The van der Waals surface area contributed by atoms with Crippen LogP contribution in [0.25, 0.3) is 0 Å². The van der Waals surface area contributed by atoms with Crippen molar-refractivity contribution >= 4 is 27.3 Å². The highest BCUT2D eigenvalue weighted by molar-refractivity contribution is 7.92. The summed E-state index contributed by atoms with van der Waals surface area (Å²) in [4.78, 5) is 12.1. The Balaban J connectivity index is 2.87. The molecular formula is C14H23N3O3S. The molecule has 4 N–H and O–H groups in total. The molecule has 1 rings (SSSR count). The van der Waals surface area contributed by atoms with Crippen LogP contribution < -0.4 is 15.8 Å². The van der Waals surface area contributed by atoms with E-state index in [0.717, 1.165) is 11.8 Å². The summed E-state index contributed by atoms with van der Waals surface area (Å²) in [5.74, 6) is -0.225. The van der Waals surface area contributed by atoms with Gasteiger partial charge >= 0.3 is 0 Å². The van der Waals surface area contributed by atoms with E-state index in [1.54, 1.807) is 25.1 Å². The molecule has 21 heavy (non-hydrogen) atoms. The molecule has 0 aliphatic carbocycles. The van der Waals surface area contributed by atoms with Crippen molar-refractivity contribution < 1.29 is 13.2 Å². The lowest BCUT2D eigenvalue weighted by atomic mass is 9.95. The van der Waals surface area contributed by atoms with E-state index < -0.39 is 10.0 Å². The average molecular weight is 313 g/mol. The lowest BCUT2D eigenvalue weighted by Crippen LogP contribution is -2.33. The monoisotopic (exact) mass is 313 g/mol. The second kappa shape index (κ2) is 6.91. The highest BCUT2D eigenvalue weighted by atomic mass is 32.2. The zero-order valence-corrected chi connectivity index (χ0v) is 13.6. The first-order valence-electron chi connectivity index (χ1n) is 6.73. The van der Waals surface area contributed by atoms with Crippen molar-refractivity contribution in [2.75, 3.05) is 22.8 Å². The number of nitrogens with two attached hydrogens (primary N) is 1. The Labute approximate surface area is 126 Å². The molecule has 0 saturated heterocycles. The fourth-order valence-electron chi connectivity index (χ4n) is 1.97. The summed E-state index contributed by atoms with van der Waals surface area (Å²) in [6.45, 7) is 5.95. The Morgan fingerprint density at radius 1 is 1.33 bits per heavy atom. The van der Waals surface area contributed by atoms with E-state index in [1.165, 1.54) is 0 Å². The quantitative estimate of drug-likeness (QED) is 0.741. The minimum Gasteiger partial charge on any atom is -0.330 e. The highest BCUT2D eigenvalue weighted by Gasteiger charge is 2.20. The molecule has 0 aliphatic heterocycles. The number of anilines is 2. The smallest absolute Gasteiger partial charge is 0.229 e. The molecular weight excluding hydrogens is 290 g/mol. The van der Waals surface area contributed by atoms with Gasteiger partial charge in [-0.1, -0.05) is 13.8 Å². The molecule has 0 aromatic heterocycles. The summed E-state index contributed by atoms with van der Waals surface area (Å²) < 4.78 is 24.9. The van der Waals surface area contributed by atoms with Crippen LogP contribution in [0, 0.1) is 18.8 Å². The zero-order valence-electron chi connectivity index (χ0n) is 12.8. The fourth-order valence-corrected chi connectivity index (χ4v) is 2.60. The highest BCUT2D eigenvalue weighted by Crippen LogP contribution is 2.21. The van der Waals surface area contributed by atoms with Crippen LogP contribution in [-0.2, 0) is 14.8 Å². The largest absolute Gasteiger partial charge is 0.330 e. The molecule has 7 heteroatoms. The summed E-state index contributed by atoms with van der Waals surface area (Å²) in [6, 6.07) is 5.00. The van der Waals surface area contributed by atoms with Crippen LogP contribution in [0.4, 0.5) is 11.4 Å². The Bertz CT molecular complexity index is 612. The van der Waals surface area contributed by atoms with Crippen LogP contribution in [0.3, 0.4) is 0 Å². The van der Waals surface area contributed by atoms with Gasteiger partial charge in [0.05, 0.1) is 17.9 Å². The first-order chi connectivity index (χ1) is 9.64. The maximum Gasteiger partial charge on any atom is 0.229 e. The van der Waals surface area contributed by atoms with E-state index in [2.05, 4.69) is 10.0 Å². The summed E-state index contributed by atoms with van der Waals surface area (Å²) in [7, 11) is -3.32. The van der Waals surface area contributed by atoms with E-state index in [1.807, 2.05) is 13.8 Å². The van der Waals surface area contributed by atoms with Crippen molar-refractivity contribution in [2.24, 2.45) is 17.6 Å². The van der Waals surface area contributed by atoms with Crippen molar-refractivity contribution in [1.29, 1.82) is 0 Å². The van der Waals surface area contributed by atoms with Crippen molar-refractivity contribution in [1.82, 2.24) is 0 Å². The van der Waals surface area contributed by atoms with Crippen molar-refractivity contribution in [3.05, 3.63) is 23.8 Å². The van der Waals surface area contributed by atoms with Crippen LogP contribution >= 0.6 is 0 Å². The molecule has 1 aromatic carbocycles. The van der Waals surface area contributed by atoms with Gasteiger partial charge in [-0.2, -0.15) is 0 Å². The standard InChI is InChI=1S/C14H23N3O3S/c1-9(2)12(8-15)14(18)16-11-5-6-13(10(3)7-11)17-21(4,19)20/h5-7,9,12,17H,8,15H2,1-4H3,(H,16,18). The number of amides is 1. The van der Waals surface area contributed by atoms with E-state index in [4.69, 9.17) is 5.73 Å². The van der Waals surface area contributed by atoms with Crippen molar-refractivity contribution in [3.8, 4) is 0 Å². The second-order valence-electron chi connectivity index (χ2n) is 5.48. The number of rotatable bonds is 6. The second-order valence-corrected chi connectivity index (χ2v) is 7.23. The van der Waals surface area contributed by atoms with Crippen molar-refractivity contribution in [2.45, 2.75) is 20.8 Å². The van der Waals surface area contributed by atoms with Crippen LogP contribution in [0.5, 0.6) is 0 Å². The summed E-state index contributed by atoms with van der Waals surface area (Å²) >= 11 is 0. The Morgan fingerprint density at radius 3 is 2.38 bits per heavy atom. The Hall–Kier alpha value is -1.60. The maximum absolute atomic E-state index is 12.1. The molecule has 0 spiro atoms. The predicted molar refractivity (Wildman–Crippen MR) is 85.7 cm³/mol. The van der Waals surface area contributed by atoms with Gasteiger partial charge in [0.25, 0.3) is 0 Å². The van der Waals surface area contributed by atoms with Gasteiger partial charge in [0, 0.05) is 12.2 Å². The molecule has 6 nitrogen and oxygen atoms in total. The lowest BCUT2D eigenvalue weighted by molar-refractivity contribution is -0.120. The number of carbonyl (C=O) groups is 1. The van der Waals surface area contributed by atoms with Gasteiger partial charge in [-0.15, -0.1) is 0 Å². The number of benzene rings is 1. The first-order valence-corrected chi connectivity index (χ1v) is 8.62. The molecule has 1 aromatic rings. The van der Waals surface area contributed by atoms with Gasteiger partial charge in [0.2, 0.25) is 15.9 Å². The normalized spacial score (nSPS) is 13.0. The summed E-state index contributed by atoms with van der Waals surface area (Å²) in [5.41, 5.74) is 7.46. The van der Waals surface area contributed by atoms with Gasteiger partial charge < -0.3 is 11.1 Å². The molecule has 0 aliphatic rings. The lowest BCUT2D eigenvalue weighted by Gasteiger charge is -2.18. The molecule has 1 atom stereocenters. The topological polar surface area (TPSA) is 101 Å². The van der Waals surface area contributed by atoms with Gasteiger partial charge in [-0.25, -0.2) is 8.42 Å². The minimum absolute atomic E-state index is 0.129. The number of carbonyl (C=O) groups excluding carboxylic acids is 1. The number of sulfonamides is 1. The van der Waals surface area contributed by atoms with E-state index in [0.29, 0.717) is 11.4 Å². The number of aryl methyl sites for hydroxylation is 1. The van der Waals surface area contributed by atoms with Gasteiger partial charge in [0.1, 0.15) is 0 Å². The minimum atomic E-state index is -3.32. The summed E-state index contributed by atoms with van der Waals surface area (Å²) in [6.07, 6.45) is 1.09. The number of nitrogens with one attached hydrogen (secondary N) is 2. The third-order valence-electron chi connectivity index (χ3n) is 3.18. The molecule has 1 unspecified atom stereocenters. The average Bonchev–Trinajstić information content (AvgIpc) is 2.31. The molecule has 118 valence electrons. The van der Waals surface area contributed by atoms with Crippen LogP contribution in [-0.4, -0.2) is 27.1 Å². The first kappa shape index (κ1) is 17.5. The third-order valence-corrected chi connectivity index (χ3v) is 3.78. The molecule has 0 saturated carbocycles. The molecule has 1 amide bonds. The predicted octanol–water partition coefficient (Wildman–Crippen LogP) is 1.54. The Kier molecular flexibility index (Phi) is 5.74. The third kappa shape index (κ3) is 5.35. The van der Waals surface area contributed by atoms with Crippen LogP contribution in [0.15, 0.2) is 18.2 Å². The summed E-state index contributed by atoms with van der Waals surface area (Å²) in [5, 5.41) is 2.81. The SMILES string of the molecule is Cc1cc(NC(=O)C(CN)C(C)C)ccc1NS(C)(=O)=O.